The highest BCUT2D eigenvalue weighted by atomic mass is 15.2. The summed E-state index contributed by atoms with van der Waals surface area (Å²) in [6.45, 7) is 6.37. The minimum absolute atomic E-state index is 0.802. The number of hydrogen-bond acceptors (Lipinski definition) is 2. The Balaban J connectivity index is 1.41. The average Bonchev–Trinajstić information content (AvgIpc) is 2.83. The van der Waals surface area contributed by atoms with E-state index >= 15 is 0 Å². The molecule has 19 heavy (non-hydrogen) atoms. The van der Waals surface area contributed by atoms with Crippen molar-refractivity contribution in [3.05, 3.63) is 0 Å². The van der Waals surface area contributed by atoms with Crippen molar-refractivity contribution in [3.8, 4) is 0 Å². The molecule has 0 aromatic heterocycles. The molecule has 110 valence electrons. The Bertz CT molecular complexity index is 256. The number of nitrogens with one attached hydrogen (secondary N) is 1. The molecular formula is C17H32N2. The molecule has 1 aliphatic carbocycles. The number of nitrogens with zero attached hydrogens (tertiary/aromatic N) is 1. The molecule has 0 aromatic rings. The van der Waals surface area contributed by atoms with Crippen molar-refractivity contribution in [2.24, 2.45) is 11.8 Å². The third-order valence-corrected chi connectivity index (χ3v) is 5.83. The minimum Gasteiger partial charge on any atom is -0.310 e. The Hall–Kier alpha value is -0.0800. The van der Waals surface area contributed by atoms with E-state index < -0.39 is 0 Å². The summed E-state index contributed by atoms with van der Waals surface area (Å²) in [7, 11) is 0. The molecule has 3 aliphatic rings. The fourth-order valence-electron chi connectivity index (χ4n) is 4.75. The van der Waals surface area contributed by atoms with Crippen LogP contribution >= 0.6 is 0 Å². The first-order chi connectivity index (χ1) is 9.35. The smallest absolute Gasteiger partial charge is 0.0200 e. The second-order valence-electron chi connectivity index (χ2n) is 7.28. The van der Waals surface area contributed by atoms with Gasteiger partial charge in [0.25, 0.3) is 0 Å². The van der Waals surface area contributed by atoms with Gasteiger partial charge in [0.2, 0.25) is 0 Å². The molecule has 3 rings (SSSR count). The van der Waals surface area contributed by atoms with Crippen LogP contribution in [0, 0.1) is 11.8 Å². The maximum Gasteiger partial charge on any atom is 0.0200 e. The lowest BCUT2D eigenvalue weighted by molar-refractivity contribution is 0.165. The summed E-state index contributed by atoms with van der Waals surface area (Å²) in [6.07, 6.45) is 13.1. The van der Waals surface area contributed by atoms with Crippen molar-refractivity contribution < 1.29 is 0 Å². The quantitative estimate of drug-likeness (QED) is 0.837. The maximum absolute atomic E-state index is 3.93. The molecule has 0 amide bonds. The summed E-state index contributed by atoms with van der Waals surface area (Å²) in [4.78, 5) is 2.74. The van der Waals surface area contributed by atoms with Gasteiger partial charge < -0.3 is 10.2 Å². The zero-order valence-electron chi connectivity index (χ0n) is 12.7. The Labute approximate surface area is 119 Å². The summed E-state index contributed by atoms with van der Waals surface area (Å²) in [5, 5.41) is 3.93. The first-order valence-corrected chi connectivity index (χ1v) is 8.83. The summed E-state index contributed by atoms with van der Waals surface area (Å²) in [5.74, 6) is 2.04. The number of hydrogen-bond donors (Lipinski definition) is 1. The van der Waals surface area contributed by atoms with Crippen molar-refractivity contribution in [2.45, 2.75) is 76.8 Å². The van der Waals surface area contributed by atoms with E-state index in [1.807, 2.05) is 0 Å². The SMILES string of the molecule is CCCC1CCN(CC2CC3CCCCC3N2)CC1. The molecule has 3 unspecified atom stereocenters. The van der Waals surface area contributed by atoms with E-state index in [4.69, 9.17) is 0 Å². The van der Waals surface area contributed by atoms with Crippen LogP contribution in [0.15, 0.2) is 0 Å². The molecule has 0 aromatic carbocycles. The second kappa shape index (κ2) is 6.58. The molecule has 2 heteroatoms. The monoisotopic (exact) mass is 264 g/mol. The fourth-order valence-corrected chi connectivity index (χ4v) is 4.75. The van der Waals surface area contributed by atoms with E-state index in [0.717, 1.165) is 23.9 Å². The largest absolute Gasteiger partial charge is 0.310 e. The lowest BCUT2D eigenvalue weighted by Crippen LogP contribution is -2.43. The Morgan fingerprint density at radius 2 is 1.84 bits per heavy atom. The highest BCUT2D eigenvalue weighted by Crippen LogP contribution is 2.33. The zero-order valence-corrected chi connectivity index (χ0v) is 12.7. The molecule has 0 bridgehead atoms. The topological polar surface area (TPSA) is 15.3 Å². The number of fused-ring (bicyclic) bond motifs is 1. The number of rotatable bonds is 4. The molecular weight excluding hydrogens is 232 g/mol. The van der Waals surface area contributed by atoms with Crippen LogP contribution in [0.3, 0.4) is 0 Å². The van der Waals surface area contributed by atoms with Crippen LogP contribution in [0.2, 0.25) is 0 Å². The van der Waals surface area contributed by atoms with Crippen molar-refractivity contribution in [1.82, 2.24) is 10.2 Å². The molecule has 2 heterocycles. The molecule has 2 nitrogen and oxygen atoms in total. The molecule has 0 spiro atoms. The minimum atomic E-state index is 0.802. The summed E-state index contributed by atoms with van der Waals surface area (Å²) in [6, 6.07) is 1.67. The van der Waals surface area contributed by atoms with Gasteiger partial charge in [0.15, 0.2) is 0 Å². The highest BCUT2D eigenvalue weighted by Gasteiger charge is 2.35. The van der Waals surface area contributed by atoms with Crippen LogP contribution in [0.25, 0.3) is 0 Å². The van der Waals surface area contributed by atoms with Gasteiger partial charge >= 0.3 is 0 Å². The van der Waals surface area contributed by atoms with Gasteiger partial charge in [0, 0.05) is 18.6 Å². The normalized spacial score (nSPS) is 37.4. The van der Waals surface area contributed by atoms with Crippen LogP contribution in [-0.4, -0.2) is 36.6 Å². The van der Waals surface area contributed by atoms with Crippen LogP contribution < -0.4 is 5.32 Å². The van der Waals surface area contributed by atoms with Gasteiger partial charge in [-0.25, -0.2) is 0 Å². The van der Waals surface area contributed by atoms with Gasteiger partial charge in [-0.05, 0) is 57.0 Å². The summed E-state index contributed by atoms with van der Waals surface area (Å²) >= 11 is 0. The molecule has 2 saturated heterocycles. The van der Waals surface area contributed by atoms with Gasteiger partial charge in [0.05, 0.1) is 0 Å². The number of piperidine rings is 1. The predicted octanol–water partition coefficient (Wildman–Crippen LogP) is 3.42. The van der Waals surface area contributed by atoms with Crippen LogP contribution in [-0.2, 0) is 0 Å². The third kappa shape index (κ3) is 3.52. The summed E-state index contributed by atoms with van der Waals surface area (Å²) in [5.41, 5.74) is 0. The predicted molar refractivity (Wildman–Crippen MR) is 81.4 cm³/mol. The lowest BCUT2D eigenvalue weighted by atomic mass is 9.85. The lowest BCUT2D eigenvalue weighted by Gasteiger charge is -2.33. The Morgan fingerprint density at radius 1 is 1.05 bits per heavy atom. The maximum atomic E-state index is 3.93. The van der Waals surface area contributed by atoms with E-state index in [1.54, 1.807) is 0 Å². The van der Waals surface area contributed by atoms with Crippen LogP contribution in [0.1, 0.15) is 64.7 Å². The first kappa shape index (κ1) is 13.9. The molecule has 1 N–H and O–H groups in total. The van der Waals surface area contributed by atoms with E-state index in [2.05, 4.69) is 17.1 Å². The van der Waals surface area contributed by atoms with Crippen molar-refractivity contribution >= 4 is 0 Å². The Kier molecular flexibility index (Phi) is 4.81. The molecule has 3 fully saturated rings. The van der Waals surface area contributed by atoms with Crippen LogP contribution in [0.5, 0.6) is 0 Å². The van der Waals surface area contributed by atoms with Gasteiger partial charge in [-0.1, -0.05) is 32.6 Å². The van der Waals surface area contributed by atoms with E-state index in [1.165, 1.54) is 77.4 Å². The van der Waals surface area contributed by atoms with E-state index in [-0.39, 0.29) is 0 Å². The van der Waals surface area contributed by atoms with Gasteiger partial charge in [-0.2, -0.15) is 0 Å². The van der Waals surface area contributed by atoms with Crippen molar-refractivity contribution in [1.29, 1.82) is 0 Å². The molecule has 0 radical (unpaired) electrons. The van der Waals surface area contributed by atoms with E-state index in [0.29, 0.717) is 0 Å². The van der Waals surface area contributed by atoms with Gasteiger partial charge in [-0.15, -0.1) is 0 Å². The molecule has 3 atom stereocenters. The summed E-state index contributed by atoms with van der Waals surface area (Å²) < 4.78 is 0. The average molecular weight is 264 g/mol. The standard InChI is InChI=1S/C17H32N2/c1-2-5-14-8-10-19(11-9-14)13-16-12-15-6-3-4-7-17(15)18-16/h14-18H,2-13H2,1H3. The highest BCUT2D eigenvalue weighted by molar-refractivity contribution is 4.94. The molecule has 2 aliphatic heterocycles. The number of likely N-dealkylation sites (tertiary alicyclic amines) is 1. The van der Waals surface area contributed by atoms with E-state index in [9.17, 15) is 0 Å². The third-order valence-electron chi connectivity index (χ3n) is 5.83. The fraction of sp³-hybridized carbons (Fsp3) is 1.00. The zero-order chi connectivity index (χ0) is 13.1. The second-order valence-corrected chi connectivity index (χ2v) is 7.28. The van der Waals surface area contributed by atoms with Crippen molar-refractivity contribution in [2.75, 3.05) is 19.6 Å². The van der Waals surface area contributed by atoms with Crippen molar-refractivity contribution in [3.63, 3.8) is 0 Å². The Morgan fingerprint density at radius 3 is 2.58 bits per heavy atom. The first-order valence-electron chi connectivity index (χ1n) is 8.83. The molecule has 1 saturated carbocycles. The van der Waals surface area contributed by atoms with Gasteiger partial charge in [-0.3, -0.25) is 0 Å². The van der Waals surface area contributed by atoms with Gasteiger partial charge in [0.1, 0.15) is 0 Å². The van der Waals surface area contributed by atoms with Crippen LogP contribution in [0.4, 0.5) is 0 Å².